The van der Waals surface area contributed by atoms with E-state index in [1.807, 2.05) is 31.2 Å². The monoisotopic (exact) mass is 373 g/mol. The number of ether oxygens (including phenoxy) is 1. The van der Waals surface area contributed by atoms with Crippen molar-refractivity contribution in [2.24, 2.45) is 0 Å². The molecule has 0 aromatic heterocycles. The Hall–Kier alpha value is -3.00. The zero-order chi connectivity index (χ0) is 18.9. The number of non-ortho nitro benzene ring substituents is 1. The Balaban J connectivity index is 1.70. The molecule has 2 aromatic rings. The van der Waals surface area contributed by atoms with Crippen molar-refractivity contribution in [3.8, 4) is 5.75 Å². The lowest BCUT2D eigenvalue weighted by molar-refractivity contribution is -0.384. The quantitative estimate of drug-likeness (QED) is 0.333. The molecule has 0 bridgehead atoms. The van der Waals surface area contributed by atoms with Crippen LogP contribution in [-0.2, 0) is 4.79 Å². The van der Waals surface area contributed by atoms with Gasteiger partial charge in [-0.25, -0.2) is 0 Å². The second-order valence-electron chi connectivity index (χ2n) is 5.57. The van der Waals surface area contributed by atoms with Crippen molar-refractivity contribution in [1.29, 1.82) is 0 Å². The first-order valence-corrected chi connectivity index (χ1v) is 8.39. The summed E-state index contributed by atoms with van der Waals surface area (Å²) >= 11 is 5.04. The number of aryl methyl sites for hydroxylation is 1. The molecule has 0 saturated heterocycles. The molecule has 8 heteroatoms. The first kappa shape index (κ1) is 19.3. The number of amides is 1. The normalized spacial score (nSPS) is 10.0. The minimum atomic E-state index is -0.499. The predicted octanol–water partition coefficient (Wildman–Crippen LogP) is 3.58. The number of nitrogens with zero attached hydrogens (tertiary/aromatic N) is 1. The molecule has 0 spiro atoms. The summed E-state index contributed by atoms with van der Waals surface area (Å²) in [5, 5.41) is 16.1. The first-order valence-electron chi connectivity index (χ1n) is 7.99. The van der Waals surface area contributed by atoms with E-state index in [2.05, 4.69) is 10.6 Å². The van der Waals surface area contributed by atoms with Gasteiger partial charge >= 0.3 is 0 Å². The maximum absolute atomic E-state index is 11.9. The van der Waals surface area contributed by atoms with Gasteiger partial charge < -0.3 is 15.4 Å². The van der Waals surface area contributed by atoms with Gasteiger partial charge in [0.15, 0.2) is 5.11 Å². The van der Waals surface area contributed by atoms with Gasteiger partial charge in [-0.1, -0.05) is 23.8 Å². The van der Waals surface area contributed by atoms with Crippen molar-refractivity contribution in [3.05, 3.63) is 64.2 Å². The third-order valence-corrected chi connectivity index (χ3v) is 3.61. The van der Waals surface area contributed by atoms with Crippen LogP contribution in [0.2, 0.25) is 0 Å². The highest BCUT2D eigenvalue weighted by atomic mass is 32.1. The maximum Gasteiger partial charge on any atom is 0.271 e. The van der Waals surface area contributed by atoms with E-state index in [4.69, 9.17) is 17.0 Å². The van der Waals surface area contributed by atoms with Crippen molar-refractivity contribution < 1.29 is 14.5 Å². The molecule has 0 radical (unpaired) electrons. The summed E-state index contributed by atoms with van der Waals surface area (Å²) in [5.41, 5.74) is 1.53. The van der Waals surface area contributed by atoms with Crippen LogP contribution >= 0.6 is 12.2 Å². The molecular formula is C18H19N3O4S. The topological polar surface area (TPSA) is 93.5 Å². The molecule has 0 fully saturated rings. The van der Waals surface area contributed by atoms with Crippen LogP contribution < -0.4 is 15.4 Å². The van der Waals surface area contributed by atoms with Gasteiger partial charge in [-0.3, -0.25) is 14.9 Å². The summed E-state index contributed by atoms with van der Waals surface area (Å²) in [7, 11) is 0. The standard InChI is InChI=1S/C18H19N3O4S/c1-13-7-9-16(10-8-13)25-11-3-6-17(22)20-18(26)19-14-4-2-5-15(12-14)21(23)24/h2,4-5,7-10,12H,3,6,11H2,1H3,(H2,19,20,22,26). The summed E-state index contributed by atoms with van der Waals surface area (Å²) in [6.45, 7) is 2.42. The van der Waals surface area contributed by atoms with E-state index in [0.717, 1.165) is 11.3 Å². The van der Waals surface area contributed by atoms with E-state index in [1.165, 1.54) is 18.2 Å². The number of hydrogen-bond acceptors (Lipinski definition) is 5. The Kier molecular flexibility index (Phi) is 7.04. The van der Waals surface area contributed by atoms with Crippen LogP contribution in [0.4, 0.5) is 11.4 Å². The van der Waals surface area contributed by atoms with E-state index >= 15 is 0 Å². The molecule has 0 atom stereocenters. The molecule has 136 valence electrons. The number of anilines is 1. The molecule has 2 N–H and O–H groups in total. The van der Waals surface area contributed by atoms with Crippen LogP contribution in [0.1, 0.15) is 18.4 Å². The summed E-state index contributed by atoms with van der Waals surface area (Å²) in [4.78, 5) is 22.1. The lowest BCUT2D eigenvalue weighted by Crippen LogP contribution is -2.34. The van der Waals surface area contributed by atoms with Crippen LogP contribution in [0.3, 0.4) is 0 Å². The Morgan fingerprint density at radius 1 is 1.23 bits per heavy atom. The number of thiocarbonyl (C=S) groups is 1. The van der Waals surface area contributed by atoms with Crippen LogP contribution in [0.15, 0.2) is 48.5 Å². The summed E-state index contributed by atoms with van der Waals surface area (Å²) in [6, 6.07) is 13.6. The molecule has 0 aliphatic heterocycles. The molecule has 7 nitrogen and oxygen atoms in total. The largest absolute Gasteiger partial charge is 0.494 e. The molecule has 1 amide bonds. The Morgan fingerprint density at radius 2 is 1.96 bits per heavy atom. The van der Waals surface area contributed by atoms with E-state index in [-0.39, 0.29) is 23.1 Å². The second kappa shape index (κ2) is 9.47. The highest BCUT2D eigenvalue weighted by molar-refractivity contribution is 7.80. The molecule has 2 aromatic carbocycles. The minimum Gasteiger partial charge on any atom is -0.494 e. The molecule has 2 rings (SSSR count). The van der Waals surface area contributed by atoms with Gasteiger partial charge in [-0.2, -0.15) is 0 Å². The van der Waals surface area contributed by atoms with E-state index < -0.39 is 4.92 Å². The van der Waals surface area contributed by atoms with Crippen molar-refractivity contribution >= 4 is 34.6 Å². The average molecular weight is 373 g/mol. The van der Waals surface area contributed by atoms with Gasteiger partial charge in [0.05, 0.1) is 11.5 Å². The van der Waals surface area contributed by atoms with Gasteiger partial charge in [0.1, 0.15) is 5.75 Å². The van der Waals surface area contributed by atoms with Crippen molar-refractivity contribution in [2.75, 3.05) is 11.9 Å². The van der Waals surface area contributed by atoms with Crippen molar-refractivity contribution in [3.63, 3.8) is 0 Å². The first-order chi connectivity index (χ1) is 12.4. The van der Waals surface area contributed by atoms with Gasteiger partial charge in [0, 0.05) is 24.2 Å². The maximum atomic E-state index is 11.9. The number of carbonyl (C=O) groups excluding carboxylic acids is 1. The highest BCUT2D eigenvalue weighted by Crippen LogP contribution is 2.17. The summed E-state index contributed by atoms with van der Waals surface area (Å²) in [5.74, 6) is 0.513. The smallest absolute Gasteiger partial charge is 0.271 e. The Bertz CT molecular complexity index is 793. The molecule has 0 unspecified atom stereocenters. The number of hydrogen-bond donors (Lipinski definition) is 2. The molecule has 26 heavy (non-hydrogen) atoms. The Labute approximate surface area is 156 Å². The summed E-state index contributed by atoms with van der Waals surface area (Å²) in [6.07, 6.45) is 0.793. The molecular weight excluding hydrogens is 354 g/mol. The number of carbonyl (C=O) groups is 1. The fourth-order valence-electron chi connectivity index (χ4n) is 2.11. The number of rotatable bonds is 7. The number of benzene rings is 2. The van der Waals surface area contributed by atoms with Crippen LogP contribution in [-0.4, -0.2) is 22.5 Å². The second-order valence-corrected chi connectivity index (χ2v) is 5.98. The number of nitro groups is 1. The van der Waals surface area contributed by atoms with Gasteiger partial charge in [-0.15, -0.1) is 0 Å². The predicted molar refractivity (Wildman–Crippen MR) is 103 cm³/mol. The van der Waals surface area contributed by atoms with Crippen LogP contribution in [0.5, 0.6) is 5.75 Å². The number of nitrogens with one attached hydrogen (secondary N) is 2. The van der Waals surface area contributed by atoms with Gasteiger partial charge in [0.2, 0.25) is 5.91 Å². The van der Waals surface area contributed by atoms with E-state index in [1.54, 1.807) is 6.07 Å². The zero-order valence-electron chi connectivity index (χ0n) is 14.2. The lowest BCUT2D eigenvalue weighted by atomic mass is 10.2. The molecule has 0 aliphatic rings. The van der Waals surface area contributed by atoms with Gasteiger partial charge in [0.25, 0.3) is 5.69 Å². The SMILES string of the molecule is Cc1ccc(OCCCC(=O)NC(=S)Nc2cccc([N+](=O)[O-])c2)cc1. The van der Waals surface area contributed by atoms with Gasteiger partial charge in [-0.05, 0) is 43.8 Å². The van der Waals surface area contributed by atoms with Crippen molar-refractivity contribution in [2.45, 2.75) is 19.8 Å². The minimum absolute atomic E-state index is 0.0580. The van der Waals surface area contributed by atoms with E-state index in [9.17, 15) is 14.9 Å². The Morgan fingerprint density at radius 3 is 2.65 bits per heavy atom. The third-order valence-electron chi connectivity index (χ3n) is 3.41. The number of nitro benzene ring substituents is 1. The fourth-order valence-corrected chi connectivity index (χ4v) is 2.34. The van der Waals surface area contributed by atoms with Crippen LogP contribution in [0, 0.1) is 17.0 Å². The molecule has 0 aliphatic carbocycles. The fraction of sp³-hybridized carbons (Fsp3) is 0.222. The molecule has 0 saturated carbocycles. The average Bonchev–Trinajstić information content (AvgIpc) is 2.60. The summed E-state index contributed by atoms with van der Waals surface area (Å²) < 4.78 is 5.56. The zero-order valence-corrected chi connectivity index (χ0v) is 15.0. The van der Waals surface area contributed by atoms with Crippen molar-refractivity contribution in [1.82, 2.24) is 5.32 Å². The highest BCUT2D eigenvalue weighted by Gasteiger charge is 2.08. The third kappa shape index (κ3) is 6.48. The molecule has 0 heterocycles. The van der Waals surface area contributed by atoms with E-state index in [0.29, 0.717) is 18.7 Å². The lowest BCUT2D eigenvalue weighted by Gasteiger charge is -2.10. The van der Waals surface area contributed by atoms with Crippen LogP contribution in [0.25, 0.3) is 0 Å².